The van der Waals surface area contributed by atoms with Crippen LogP contribution in [0.15, 0.2) is 48.6 Å². The third-order valence-corrected chi connectivity index (χ3v) is 8.07. The summed E-state index contributed by atoms with van der Waals surface area (Å²) in [5.74, 6) is -0.978. The van der Waals surface area contributed by atoms with Gasteiger partial charge in [-0.1, -0.05) is 152 Å². The highest BCUT2D eigenvalue weighted by molar-refractivity contribution is 5.69. The van der Waals surface area contributed by atoms with Gasteiger partial charge in [-0.25, -0.2) is 0 Å². The van der Waals surface area contributed by atoms with E-state index in [2.05, 4.69) is 62.5 Å². The van der Waals surface area contributed by atoms with Crippen LogP contribution in [0, 0.1) is 0 Å². The van der Waals surface area contributed by atoms with E-state index in [1.165, 1.54) is 89.9 Å². The van der Waals surface area contributed by atoms with Crippen LogP contribution in [-0.4, -0.2) is 23.1 Å². The Morgan fingerprint density at radius 1 is 0.500 bits per heavy atom. The third-order valence-electron chi connectivity index (χ3n) is 8.07. The highest BCUT2D eigenvalue weighted by Crippen LogP contribution is 2.17. The molecule has 0 amide bonds. The molecule has 0 bridgehead atoms. The van der Waals surface area contributed by atoms with Gasteiger partial charge in [0, 0.05) is 12.8 Å². The minimum Gasteiger partial charge on any atom is -0.481 e. The summed E-state index contributed by atoms with van der Waals surface area (Å²) < 4.78 is 5.70. The number of unbranched alkanes of at least 4 members (excludes halogenated alkanes) is 17. The molecule has 0 aliphatic carbocycles. The zero-order valence-corrected chi connectivity index (χ0v) is 29.0. The maximum atomic E-state index is 12.4. The zero-order valence-electron chi connectivity index (χ0n) is 29.0. The van der Waals surface area contributed by atoms with Crippen molar-refractivity contribution in [2.24, 2.45) is 0 Å². The van der Waals surface area contributed by atoms with Gasteiger partial charge in [-0.2, -0.15) is 0 Å². The Bertz CT molecular complexity index is 748. The molecule has 1 N–H and O–H groups in total. The normalized spacial score (nSPS) is 12.8. The summed E-state index contributed by atoms with van der Waals surface area (Å²) >= 11 is 0. The number of aliphatic carboxylic acids is 1. The van der Waals surface area contributed by atoms with Crippen molar-refractivity contribution < 1.29 is 19.4 Å². The second-order valence-electron chi connectivity index (χ2n) is 12.4. The van der Waals surface area contributed by atoms with Crippen molar-refractivity contribution in [3.05, 3.63) is 48.6 Å². The van der Waals surface area contributed by atoms with E-state index in [0.29, 0.717) is 12.8 Å². The standard InChI is InChI=1S/C40H70O4/c1-3-5-7-9-11-13-15-16-17-18-19-20-21-22-23-24-25-27-29-31-33-35-40(43)44-38(36-37-39(41)42)34-32-30-28-26-14-12-10-8-6-4-2/h11,13,16-17,19-20,22-23,38H,3-10,12,14-15,18,21,24-37H2,1-2H3,(H,41,42)/b13-11-,17-16-,20-19-,23-22-. The maximum absolute atomic E-state index is 12.4. The molecule has 1 unspecified atom stereocenters. The van der Waals surface area contributed by atoms with Crippen molar-refractivity contribution in [1.29, 1.82) is 0 Å². The van der Waals surface area contributed by atoms with Gasteiger partial charge in [0.05, 0.1) is 0 Å². The first-order valence-electron chi connectivity index (χ1n) is 18.6. The highest BCUT2D eigenvalue weighted by Gasteiger charge is 2.15. The zero-order chi connectivity index (χ0) is 32.2. The topological polar surface area (TPSA) is 63.6 Å². The number of rotatable bonds is 33. The van der Waals surface area contributed by atoms with E-state index in [1.54, 1.807) is 0 Å². The van der Waals surface area contributed by atoms with E-state index in [-0.39, 0.29) is 18.5 Å². The van der Waals surface area contributed by atoms with Gasteiger partial charge in [0.15, 0.2) is 0 Å². The van der Waals surface area contributed by atoms with Gasteiger partial charge in [-0.05, 0) is 70.6 Å². The molecular formula is C40H70O4. The molecule has 0 saturated carbocycles. The molecule has 0 aliphatic heterocycles. The number of carboxylic acids is 1. The number of hydrogen-bond acceptors (Lipinski definition) is 3. The monoisotopic (exact) mass is 615 g/mol. The first kappa shape index (κ1) is 41.9. The van der Waals surface area contributed by atoms with Crippen LogP contribution in [0.2, 0.25) is 0 Å². The lowest BCUT2D eigenvalue weighted by molar-refractivity contribution is -0.151. The summed E-state index contributed by atoms with van der Waals surface area (Å²) in [7, 11) is 0. The quantitative estimate of drug-likeness (QED) is 0.0454. The van der Waals surface area contributed by atoms with Gasteiger partial charge in [0.1, 0.15) is 6.10 Å². The van der Waals surface area contributed by atoms with Crippen molar-refractivity contribution in [3.63, 3.8) is 0 Å². The molecule has 1 atom stereocenters. The highest BCUT2D eigenvalue weighted by atomic mass is 16.5. The molecule has 0 aromatic rings. The number of hydrogen-bond donors (Lipinski definition) is 1. The Hall–Kier alpha value is -2.10. The van der Waals surface area contributed by atoms with Crippen LogP contribution in [0.25, 0.3) is 0 Å². The van der Waals surface area contributed by atoms with E-state index in [0.717, 1.165) is 64.2 Å². The fraction of sp³-hybridized carbons (Fsp3) is 0.750. The fourth-order valence-corrected chi connectivity index (χ4v) is 5.27. The van der Waals surface area contributed by atoms with Gasteiger partial charge in [0.25, 0.3) is 0 Å². The first-order chi connectivity index (χ1) is 21.6. The lowest BCUT2D eigenvalue weighted by Gasteiger charge is -2.17. The van der Waals surface area contributed by atoms with Gasteiger partial charge in [0.2, 0.25) is 0 Å². The number of carbonyl (C=O) groups is 2. The van der Waals surface area contributed by atoms with E-state index in [4.69, 9.17) is 9.84 Å². The van der Waals surface area contributed by atoms with Gasteiger partial charge < -0.3 is 9.84 Å². The number of esters is 1. The summed E-state index contributed by atoms with van der Waals surface area (Å²) in [5.41, 5.74) is 0. The number of carbonyl (C=O) groups excluding carboxylic acids is 1. The van der Waals surface area contributed by atoms with Crippen LogP contribution in [0.5, 0.6) is 0 Å². The molecule has 0 saturated heterocycles. The Kier molecular flexibility index (Phi) is 33.7. The average molecular weight is 615 g/mol. The first-order valence-corrected chi connectivity index (χ1v) is 18.6. The SMILES string of the molecule is CCCCC/C=C\C/C=C\C/C=C\C/C=C\CCCCCCCC(=O)OC(CCCCCCCCCCCC)CCC(=O)O. The summed E-state index contributed by atoms with van der Waals surface area (Å²) in [6.45, 7) is 4.49. The molecule has 44 heavy (non-hydrogen) atoms. The van der Waals surface area contributed by atoms with Crippen LogP contribution in [0.1, 0.15) is 187 Å². The third kappa shape index (κ3) is 34.4. The molecular weight excluding hydrogens is 544 g/mol. The van der Waals surface area contributed by atoms with Crippen molar-refractivity contribution in [3.8, 4) is 0 Å². The van der Waals surface area contributed by atoms with Crippen molar-refractivity contribution in [2.45, 2.75) is 193 Å². The molecule has 0 aliphatic rings. The van der Waals surface area contributed by atoms with Crippen LogP contribution >= 0.6 is 0 Å². The number of carboxylic acid groups (broad SMARTS) is 1. The maximum Gasteiger partial charge on any atom is 0.306 e. The summed E-state index contributed by atoms with van der Waals surface area (Å²) in [5, 5.41) is 9.08. The van der Waals surface area contributed by atoms with Crippen molar-refractivity contribution in [1.82, 2.24) is 0 Å². The predicted molar refractivity (Wildman–Crippen MR) is 190 cm³/mol. The summed E-state index contributed by atoms with van der Waals surface area (Å²) in [6.07, 6.45) is 46.9. The van der Waals surface area contributed by atoms with Gasteiger partial charge in [-0.15, -0.1) is 0 Å². The summed E-state index contributed by atoms with van der Waals surface area (Å²) in [6, 6.07) is 0. The van der Waals surface area contributed by atoms with Crippen LogP contribution in [-0.2, 0) is 14.3 Å². The number of ether oxygens (including phenoxy) is 1. The average Bonchev–Trinajstić information content (AvgIpc) is 3.01. The van der Waals surface area contributed by atoms with E-state index in [1.807, 2.05) is 0 Å². The molecule has 0 aromatic carbocycles. The molecule has 0 radical (unpaired) electrons. The second kappa shape index (κ2) is 35.4. The molecule has 0 rings (SSSR count). The van der Waals surface area contributed by atoms with Crippen LogP contribution in [0.4, 0.5) is 0 Å². The van der Waals surface area contributed by atoms with Crippen LogP contribution < -0.4 is 0 Å². The molecule has 0 spiro atoms. The minimum absolute atomic E-state index is 0.0646. The van der Waals surface area contributed by atoms with E-state index in [9.17, 15) is 9.59 Å². The Labute approximate surface area is 272 Å². The van der Waals surface area contributed by atoms with Gasteiger partial charge >= 0.3 is 11.9 Å². The lowest BCUT2D eigenvalue weighted by atomic mass is 10.0. The fourth-order valence-electron chi connectivity index (χ4n) is 5.27. The Balaban J connectivity index is 3.79. The molecule has 254 valence electrons. The van der Waals surface area contributed by atoms with E-state index >= 15 is 0 Å². The molecule has 4 nitrogen and oxygen atoms in total. The van der Waals surface area contributed by atoms with E-state index < -0.39 is 5.97 Å². The molecule has 0 aromatic heterocycles. The Morgan fingerprint density at radius 2 is 0.909 bits per heavy atom. The van der Waals surface area contributed by atoms with Crippen molar-refractivity contribution >= 4 is 11.9 Å². The molecule has 0 heterocycles. The second-order valence-corrected chi connectivity index (χ2v) is 12.4. The smallest absolute Gasteiger partial charge is 0.306 e. The minimum atomic E-state index is -0.819. The molecule has 4 heteroatoms. The Morgan fingerprint density at radius 3 is 1.43 bits per heavy atom. The largest absolute Gasteiger partial charge is 0.481 e. The lowest BCUT2D eigenvalue weighted by Crippen LogP contribution is -2.19. The predicted octanol–water partition coefficient (Wildman–Crippen LogP) is 12.8. The summed E-state index contributed by atoms with van der Waals surface area (Å²) in [4.78, 5) is 23.4. The molecule has 0 fully saturated rings. The van der Waals surface area contributed by atoms with Crippen molar-refractivity contribution in [2.75, 3.05) is 0 Å². The van der Waals surface area contributed by atoms with Gasteiger partial charge in [-0.3, -0.25) is 9.59 Å². The van der Waals surface area contributed by atoms with Crippen LogP contribution in [0.3, 0.4) is 0 Å². The number of allylic oxidation sites excluding steroid dienone is 8.